The molecule has 3 aromatic rings. The standard InChI is InChI=1S/C30H36BrN3O5S/c1-21-13-15-27(16-14-21)40(37,38)34(25-11-8-12-26(18-25)39-6)20-28(35)33(19-23-9-7-10-24(31)17-23)22(2)29(36)32-30(3,4)5/h7-18,22H,19-20H2,1-6H3,(H,32,36)/t22-/m0/s1. The molecule has 0 fully saturated rings. The lowest BCUT2D eigenvalue weighted by molar-refractivity contribution is -0.140. The highest BCUT2D eigenvalue weighted by Gasteiger charge is 2.33. The first-order valence-electron chi connectivity index (χ1n) is 12.8. The van der Waals surface area contributed by atoms with Crippen molar-refractivity contribution in [3.8, 4) is 5.75 Å². The molecule has 2 amide bonds. The molecule has 3 rings (SSSR count). The van der Waals surface area contributed by atoms with Crippen molar-refractivity contribution in [2.24, 2.45) is 0 Å². The van der Waals surface area contributed by atoms with Gasteiger partial charge in [0.15, 0.2) is 0 Å². The maximum absolute atomic E-state index is 14.0. The molecule has 0 aliphatic heterocycles. The van der Waals surface area contributed by atoms with Gasteiger partial charge in [-0.05, 0) is 76.6 Å². The van der Waals surface area contributed by atoms with Crippen molar-refractivity contribution in [3.05, 3.63) is 88.4 Å². The molecule has 0 saturated heterocycles. The lowest BCUT2D eigenvalue weighted by Gasteiger charge is -2.33. The minimum absolute atomic E-state index is 0.0470. The summed E-state index contributed by atoms with van der Waals surface area (Å²) in [7, 11) is -2.67. The third-order valence-electron chi connectivity index (χ3n) is 6.14. The Balaban J connectivity index is 2.06. The van der Waals surface area contributed by atoms with Gasteiger partial charge in [-0.25, -0.2) is 8.42 Å². The fraction of sp³-hybridized carbons (Fsp3) is 0.333. The van der Waals surface area contributed by atoms with E-state index in [0.717, 1.165) is 19.9 Å². The van der Waals surface area contributed by atoms with E-state index in [4.69, 9.17) is 4.74 Å². The number of sulfonamides is 1. The van der Waals surface area contributed by atoms with Crippen LogP contribution in [0, 0.1) is 6.92 Å². The second kappa shape index (κ2) is 12.9. The number of benzene rings is 3. The van der Waals surface area contributed by atoms with E-state index in [1.54, 1.807) is 43.3 Å². The van der Waals surface area contributed by atoms with E-state index in [1.807, 2.05) is 52.0 Å². The quantitative estimate of drug-likeness (QED) is 0.329. The van der Waals surface area contributed by atoms with Crippen LogP contribution in [0.25, 0.3) is 0 Å². The molecule has 8 nitrogen and oxygen atoms in total. The van der Waals surface area contributed by atoms with Crippen molar-refractivity contribution in [1.29, 1.82) is 0 Å². The molecule has 214 valence electrons. The normalized spacial score (nSPS) is 12.4. The summed E-state index contributed by atoms with van der Waals surface area (Å²) in [6.07, 6.45) is 0. The molecule has 1 atom stereocenters. The number of halogens is 1. The van der Waals surface area contributed by atoms with Crippen LogP contribution in [0.5, 0.6) is 5.75 Å². The minimum atomic E-state index is -4.16. The van der Waals surface area contributed by atoms with Gasteiger partial charge < -0.3 is 15.0 Å². The zero-order valence-corrected chi connectivity index (χ0v) is 26.0. The van der Waals surface area contributed by atoms with Crippen molar-refractivity contribution in [2.75, 3.05) is 18.0 Å². The van der Waals surface area contributed by atoms with Crippen molar-refractivity contribution in [2.45, 2.75) is 57.6 Å². The van der Waals surface area contributed by atoms with Crippen molar-refractivity contribution >= 4 is 43.5 Å². The second-order valence-corrected chi connectivity index (χ2v) is 13.4. The molecule has 0 aromatic heterocycles. The number of anilines is 1. The van der Waals surface area contributed by atoms with Gasteiger partial charge in [-0.2, -0.15) is 0 Å². The Morgan fingerprint density at radius 1 is 1.00 bits per heavy atom. The molecule has 0 unspecified atom stereocenters. The van der Waals surface area contributed by atoms with Crippen LogP contribution in [-0.2, 0) is 26.2 Å². The van der Waals surface area contributed by atoms with E-state index in [0.29, 0.717) is 5.75 Å². The highest BCUT2D eigenvalue weighted by molar-refractivity contribution is 9.10. The van der Waals surface area contributed by atoms with Gasteiger partial charge >= 0.3 is 0 Å². The van der Waals surface area contributed by atoms with E-state index in [1.165, 1.54) is 24.1 Å². The summed E-state index contributed by atoms with van der Waals surface area (Å²) in [6.45, 7) is 8.66. The van der Waals surface area contributed by atoms with Crippen molar-refractivity contribution in [1.82, 2.24) is 10.2 Å². The number of carbonyl (C=O) groups is 2. The van der Waals surface area contributed by atoms with Crippen LogP contribution in [0.15, 0.2) is 82.2 Å². The average molecular weight is 631 g/mol. The van der Waals surface area contributed by atoms with Gasteiger partial charge in [-0.1, -0.05) is 51.8 Å². The van der Waals surface area contributed by atoms with Crippen LogP contribution in [-0.4, -0.2) is 50.4 Å². The molecular formula is C30H36BrN3O5S. The van der Waals surface area contributed by atoms with Gasteiger partial charge in [0.2, 0.25) is 11.8 Å². The lowest BCUT2D eigenvalue weighted by atomic mass is 10.1. The zero-order valence-electron chi connectivity index (χ0n) is 23.6. The van der Waals surface area contributed by atoms with Gasteiger partial charge in [0.1, 0.15) is 18.3 Å². The number of methoxy groups -OCH3 is 1. The summed E-state index contributed by atoms with van der Waals surface area (Å²) in [6, 6.07) is 19.5. The van der Waals surface area contributed by atoms with E-state index in [9.17, 15) is 18.0 Å². The first kappa shape index (κ1) is 31.2. The van der Waals surface area contributed by atoms with E-state index in [2.05, 4.69) is 21.2 Å². The van der Waals surface area contributed by atoms with Crippen LogP contribution >= 0.6 is 15.9 Å². The molecule has 1 N–H and O–H groups in total. The third kappa shape index (κ3) is 8.08. The van der Waals surface area contributed by atoms with Gasteiger partial charge in [0.05, 0.1) is 17.7 Å². The van der Waals surface area contributed by atoms with Gasteiger partial charge in [0, 0.05) is 22.6 Å². The van der Waals surface area contributed by atoms with Crippen molar-refractivity contribution in [3.63, 3.8) is 0 Å². The predicted molar refractivity (Wildman–Crippen MR) is 161 cm³/mol. The Morgan fingerprint density at radius 3 is 2.25 bits per heavy atom. The molecule has 0 bridgehead atoms. The van der Waals surface area contributed by atoms with Crippen LogP contribution in [0.3, 0.4) is 0 Å². The van der Waals surface area contributed by atoms with Crippen molar-refractivity contribution < 1.29 is 22.7 Å². The van der Waals surface area contributed by atoms with E-state index in [-0.39, 0.29) is 23.0 Å². The van der Waals surface area contributed by atoms with E-state index < -0.39 is 34.1 Å². The van der Waals surface area contributed by atoms with Gasteiger partial charge in [0.25, 0.3) is 10.0 Å². The molecule has 0 aliphatic carbocycles. The second-order valence-electron chi connectivity index (χ2n) is 10.6. The monoisotopic (exact) mass is 629 g/mol. The summed E-state index contributed by atoms with van der Waals surface area (Å²) >= 11 is 3.45. The Morgan fingerprint density at radius 2 is 1.65 bits per heavy atom. The van der Waals surface area contributed by atoms with Gasteiger partial charge in [-0.3, -0.25) is 13.9 Å². The van der Waals surface area contributed by atoms with Crippen LogP contribution in [0.4, 0.5) is 5.69 Å². The molecule has 40 heavy (non-hydrogen) atoms. The molecule has 0 radical (unpaired) electrons. The highest BCUT2D eigenvalue weighted by Crippen LogP contribution is 2.28. The first-order valence-corrected chi connectivity index (χ1v) is 15.0. The highest BCUT2D eigenvalue weighted by atomic mass is 79.9. The predicted octanol–water partition coefficient (Wildman–Crippen LogP) is 5.29. The van der Waals surface area contributed by atoms with Crippen LogP contribution in [0.2, 0.25) is 0 Å². The molecule has 10 heteroatoms. The Bertz CT molecular complexity index is 1450. The summed E-state index contributed by atoms with van der Waals surface area (Å²) < 4.78 is 35.1. The maximum atomic E-state index is 14.0. The molecule has 0 saturated carbocycles. The number of ether oxygens (including phenoxy) is 1. The number of nitrogens with zero attached hydrogens (tertiary/aromatic N) is 2. The zero-order chi connectivity index (χ0) is 29.7. The molecular weight excluding hydrogens is 594 g/mol. The molecule has 0 aliphatic rings. The summed E-state index contributed by atoms with van der Waals surface area (Å²) in [4.78, 5) is 28.7. The summed E-state index contributed by atoms with van der Waals surface area (Å²) in [5.74, 6) is -0.432. The van der Waals surface area contributed by atoms with Gasteiger partial charge in [-0.15, -0.1) is 0 Å². The van der Waals surface area contributed by atoms with Crippen LogP contribution < -0.4 is 14.4 Å². The molecule has 0 spiro atoms. The Hall–Kier alpha value is -3.37. The Kier molecular flexibility index (Phi) is 10.0. The number of amides is 2. The third-order valence-corrected chi connectivity index (χ3v) is 8.42. The number of hydrogen-bond donors (Lipinski definition) is 1. The average Bonchev–Trinajstić information content (AvgIpc) is 2.89. The van der Waals surface area contributed by atoms with Crippen LogP contribution in [0.1, 0.15) is 38.8 Å². The minimum Gasteiger partial charge on any atom is -0.497 e. The largest absolute Gasteiger partial charge is 0.497 e. The molecule has 0 heterocycles. The first-order chi connectivity index (χ1) is 18.7. The van der Waals surface area contributed by atoms with E-state index >= 15 is 0 Å². The fourth-order valence-electron chi connectivity index (χ4n) is 4.02. The lowest BCUT2D eigenvalue weighted by Crippen LogP contribution is -2.54. The number of nitrogens with one attached hydrogen (secondary N) is 1. The maximum Gasteiger partial charge on any atom is 0.264 e. The summed E-state index contributed by atoms with van der Waals surface area (Å²) in [5.41, 5.74) is 1.44. The molecule has 3 aromatic carbocycles. The number of hydrogen-bond acceptors (Lipinski definition) is 5. The summed E-state index contributed by atoms with van der Waals surface area (Å²) in [5, 5.41) is 2.92. The SMILES string of the molecule is COc1cccc(N(CC(=O)N(Cc2cccc(Br)c2)[C@@H](C)C(=O)NC(C)(C)C)S(=O)(=O)c2ccc(C)cc2)c1. The Labute approximate surface area is 245 Å². The smallest absolute Gasteiger partial charge is 0.264 e. The number of rotatable bonds is 10. The number of carbonyl (C=O) groups excluding carboxylic acids is 2. The topological polar surface area (TPSA) is 96.0 Å². The fourth-order valence-corrected chi connectivity index (χ4v) is 5.87. The number of aryl methyl sites for hydroxylation is 1.